The van der Waals surface area contributed by atoms with Crippen LogP contribution in [0, 0.1) is 17.3 Å². The fourth-order valence-electron chi connectivity index (χ4n) is 5.92. The van der Waals surface area contributed by atoms with E-state index in [1.807, 2.05) is 91.0 Å². The Labute approximate surface area is 296 Å². The van der Waals surface area contributed by atoms with Crippen molar-refractivity contribution in [1.82, 2.24) is 0 Å². The van der Waals surface area contributed by atoms with Gasteiger partial charge in [-0.05, 0) is 67.1 Å². The number of ether oxygens (including phenoxy) is 3. The van der Waals surface area contributed by atoms with Crippen molar-refractivity contribution < 1.29 is 31.9 Å². The molecule has 0 aromatic heterocycles. The van der Waals surface area contributed by atoms with E-state index in [0.29, 0.717) is 45.6 Å². The molecular weight excluding hydrogens is 633 g/mol. The molecule has 1 aliphatic carbocycles. The lowest BCUT2D eigenvalue weighted by Gasteiger charge is -2.34. The molecule has 0 saturated heterocycles. The van der Waals surface area contributed by atoms with E-state index in [9.17, 15) is 0 Å². The van der Waals surface area contributed by atoms with Crippen LogP contribution in [-0.4, -0.2) is 54.8 Å². The monoisotopic (exact) mass is 690 g/mol. The van der Waals surface area contributed by atoms with Gasteiger partial charge in [0.05, 0.1) is 65.6 Å². The smallest absolute Gasteiger partial charge is 0.374 e. The normalized spacial score (nSPS) is 17.2. The topological polar surface area (TPSA) is 64.6 Å². The van der Waals surface area contributed by atoms with Gasteiger partial charge in [0, 0.05) is 0 Å². The molecular formula is C41H58O7Si. The van der Waals surface area contributed by atoms with Crippen LogP contribution in [0.15, 0.2) is 103 Å². The van der Waals surface area contributed by atoms with E-state index in [2.05, 4.69) is 40.7 Å². The summed E-state index contributed by atoms with van der Waals surface area (Å²) in [6.07, 6.45) is 5.58. The third kappa shape index (κ3) is 13.5. The third-order valence-electron chi connectivity index (χ3n) is 9.70. The lowest BCUT2D eigenvalue weighted by atomic mass is 9.74. The molecule has 268 valence electrons. The molecule has 0 saturated carbocycles. The summed E-state index contributed by atoms with van der Waals surface area (Å²) in [5.41, 5.74) is 5.06. The fourth-order valence-corrected chi connectivity index (χ4v) is 8.06. The summed E-state index contributed by atoms with van der Waals surface area (Å²) >= 11 is 0. The van der Waals surface area contributed by atoms with Crippen molar-refractivity contribution >= 4 is 9.05 Å². The summed E-state index contributed by atoms with van der Waals surface area (Å²) in [6.45, 7) is 14.8. The Bertz CT molecular complexity index is 1220. The van der Waals surface area contributed by atoms with Crippen LogP contribution in [0.3, 0.4) is 0 Å². The van der Waals surface area contributed by atoms with Crippen LogP contribution in [0.2, 0.25) is 0 Å². The van der Waals surface area contributed by atoms with E-state index in [0.717, 1.165) is 36.0 Å². The molecule has 0 spiro atoms. The number of benzene rings is 3. The lowest BCUT2D eigenvalue weighted by molar-refractivity contribution is -0.0851. The van der Waals surface area contributed by atoms with Gasteiger partial charge < -0.3 is 31.9 Å². The highest BCUT2D eigenvalue weighted by Crippen LogP contribution is 2.45. The molecule has 0 radical (unpaired) electrons. The Hall–Kier alpha value is -2.66. The quantitative estimate of drug-likeness (QED) is 0.0528. The lowest BCUT2D eigenvalue weighted by Crippen LogP contribution is -2.53. The molecule has 3 unspecified atom stereocenters. The molecule has 0 aliphatic heterocycles. The highest BCUT2D eigenvalue weighted by atomic mass is 28.4. The molecule has 8 heteroatoms. The Morgan fingerprint density at radius 2 is 1.04 bits per heavy atom. The van der Waals surface area contributed by atoms with Crippen LogP contribution < -0.4 is 0 Å². The number of hydrogen-bond acceptors (Lipinski definition) is 7. The minimum atomic E-state index is -3.66. The zero-order valence-electron chi connectivity index (χ0n) is 30.3. The molecule has 0 N–H and O–H groups in total. The Morgan fingerprint density at radius 1 is 0.633 bits per heavy atom. The molecule has 0 amide bonds. The van der Waals surface area contributed by atoms with Crippen LogP contribution in [0.25, 0.3) is 0 Å². The maximum absolute atomic E-state index is 6.78. The number of hydrogen-bond donors (Lipinski definition) is 0. The predicted octanol–water partition coefficient (Wildman–Crippen LogP) is 8.94. The zero-order valence-corrected chi connectivity index (χ0v) is 31.3. The van der Waals surface area contributed by atoms with E-state index in [4.69, 9.17) is 31.9 Å². The maximum Gasteiger partial charge on any atom is 0.680 e. The first kappa shape index (κ1) is 39.1. The first-order valence-corrected chi connectivity index (χ1v) is 19.5. The molecule has 0 heterocycles. The van der Waals surface area contributed by atoms with Crippen molar-refractivity contribution in [2.24, 2.45) is 17.3 Å². The van der Waals surface area contributed by atoms with Gasteiger partial charge in [0.25, 0.3) is 0 Å². The Kier molecular flexibility index (Phi) is 16.7. The van der Waals surface area contributed by atoms with Crippen molar-refractivity contribution in [2.75, 3.05) is 39.6 Å². The van der Waals surface area contributed by atoms with Crippen LogP contribution >= 0.6 is 0 Å². The highest BCUT2D eigenvalue weighted by molar-refractivity contribution is 6.53. The summed E-state index contributed by atoms with van der Waals surface area (Å²) in [7, 11) is -3.66. The summed E-state index contributed by atoms with van der Waals surface area (Å²) in [4.78, 5) is 0. The molecule has 4 rings (SSSR count). The Balaban J connectivity index is 1.38. The summed E-state index contributed by atoms with van der Waals surface area (Å²) in [6, 6.07) is 30.4. The minimum Gasteiger partial charge on any atom is -0.374 e. The van der Waals surface area contributed by atoms with Crippen LogP contribution in [0.5, 0.6) is 0 Å². The average molecular weight is 691 g/mol. The molecule has 3 aromatic rings. The van der Waals surface area contributed by atoms with E-state index < -0.39 is 9.05 Å². The average Bonchev–Trinajstić information content (AvgIpc) is 3.38. The Morgan fingerprint density at radius 3 is 1.41 bits per heavy atom. The van der Waals surface area contributed by atoms with Crippen molar-refractivity contribution in [3.8, 4) is 0 Å². The van der Waals surface area contributed by atoms with E-state index in [-0.39, 0.29) is 37.3 Å². The summed E-state index contributed by atoms with van der Waals surface area (Å²) in [5, 5.41) is 0. The first-order chi connectivity index (χ1) is 23.8. The second-order valence-corrected chi connectivity index (χ2v) is 15.7. The second-order valence-electron chi connectivity index (χ2n) is 13.6. The van der Waals surface area contributed by atoms with Crippen LogP contribution in [0.1, 0.15) is 70.6 Å². The van der Waals surface area contributed by atoms with E-state index in [1.54, 1.807) is 0 Å². The number of allylic oxidation sites excluding steroid dienone is 2. The van der Waals surface area contributed by atoms with Crippen molar-refractivity contribution in [2.45, 2.75) is 79.8 Å². The molecule has 3 atom stereocenters. The third-order valence-corrected chi connectivity index (χ3v) is 12.0. The van der Waals surface area contributed by atoms with Gasteiger partial charge in [-0.25, -0.2) is 0 Å². The van der Waals surface area contributed by atoms with Crippen LogP contribution in [-0.2, 0) is 51.7 Å². The van der Waals surface area contributed by atoms with E-state index >= 15 is 0 Å². The molecule has 0 bridgehead atoms. The molecule has 7 nitrogen and oxygen atoms in total. The zero-order chi connectivity index (χ0) is 34.8. The SMILES string of the molecule is CC1=CCC(CCC(C)C(C)O[Si](OCCOCc2ccccc2)(OCCOCc2ccccc2)OCCOCc2ccccc2)C1(C)C. The van der Waals surface area contributed by atoms with Gasteiger partial charge in [-0.3, -0.25) is 0 Å². The highest BCUT2D eigenvalue weighted by Gasteiger charge is 2.48. The van der Waals surface area contributed by atoms with Crippen molar-refractivity contribution in [1.29, 1.82) is 0 Å². The summed E-state index contributed by atoms with van der Waals surface area (Å²) < 4.78 is 44.0. The minimum absolute atomic E-state index is 0.147. The van der Waals surface area contributed by atoms with E-state index in [1.165, 1.54) is 5.57 Å². The molecule has 3 aromatic carbocycles. The van der Waals surface area contributed by atoms with Gasteiger partial charge in [-0.1, -0.05) is 123 Å². The van der Waals surface area contributed by atoms with Crippen molar-refractivity contribution in [3.05, 3.63) is 119 Å². The fraction of sp³-hybridized carbons (Fsp3) is 0.512. The largest absolute Gasteiger partial charge is 0.680 e. The second kappa shape index (κ2) is 20.9. The van der Waals surface area contributed by atoms with Crippen molar-refractivity contribution in [3.63, 3.8) is 0 Å². The molecule has 49 heavy (non-hydrogen) atoms. The standard InChI is InChI=1S/C41H58O7Si/c1-34(21-23-40-24-22-35(2)41(40,4)5)36(3)48-49(45-28-25-42-31-37-15-9-6-10-16-37,46-29-26-43-32-38-17-11-7-12-18-38)47-30-27-44-33-39-19-13-8-14-20-39/h6-20,22,34,36,40H,21,23-33H2,1-5H3. The maximum atomic E-state index is 6.78. The molecule has 1 aliphatic rings. The van der Waals surface area contributed by atoms with Gasteiger partial charge in [-0.2, -0.15) is 0 Å². The van der Waals surface area contributed by atoms with Gasteiger partial charge in [-0.15, -0.1) is 0 Å². The predicted molar refractivity (Wildman–Crippen MR) is 196 cm³/mol. The molecule has 0 fully saturated rings. The van der Waals surface area contributed by atoms with Gasteiger partial charge in [0.2, 0.25) is 0 Å². The van der Waals surface area contributed by atoms with Gasteiger partial charge >= 0.3 is 9.05 Å². The van der Waals surface area contributed by atoms with Gasteiger partial charge in [0.15, 0.2) is 0 Å². The van der Waals surface area contributed by atoms with Gasteiger partial charge in [0.1, 0.15) is 0 Å². The number of rotatable bonds is 24. The first-order valence-electron chi connectivity index (χ1n) is 17.9. The van der Waals surface area contributed by atoms with Crippen LogP contribution in [0.4, 0.5) is 0 Å². The summed E-state index contributed by atoms with van der Waals surface area (Å²) in [5.74, 6) is 0.913.